The van der Waals surface area contributed by atoms with Gasteiger partial charge in [0.2, 0.25) is 0 Å². The third-order valence-corrected chi connectivity index (χ3v) is 3.63. The maximum Gasteiger partial charge on any atom is 0.278 e. The monoisotopic (exact) mass is 305 g/mol. The topological polar surface area (TPSA) is 70.7 Å². The highest BCUT2D eigenvalue weighted by molar-refractivity contribution is 6.15. The highest BCUT2D eigenvalue weighted by Gasteiger charge is 2.47. The summed E-state index contributed by atoms with van der Waals surface area (Å²) in [5, 5.41) is 5.52. The van der Waals surface area contributed by atoms with Crippen molar-refractivity contribution in [3.63, 3.8) is 0 Å². The number of anilines is 1. The number of nitrogens with zero attached hydrogens (tertiary/aromatic N) is 1. The first-order chi connectivity index (χ1) is 10.3. The molecule has 2 rings (SSSR count). The van der Waals surface area contributed by atoms with Crippen molar-refractivity contribution in [2.24, 2.45) is 0 Å². The van der Waals surface area contributed by atoms with E-state index in [1.54, 1.807) is 6.07 Å². The van der Waals surface area contributed by atoms with Crippen molar-refractivity contribution in [1.29, 1.82) is 0 Å². The van der Waals surface area contributed by atoms with Crippen LogP contribution in [0.1, 0.15) is 18.9 Å². The lowest BCUT2D eigenvalue weighted by atomic mass is 10.0. The van der Waals surface area contributed by atoms with E-state index >= 15 is 0 Å². The van der Waals surface area contributed by atoms with Gasteiger partial charge in [0.15, 0.2) is 0 Å². The lowest BCUT2D eigenvalue weighted by Gasteiger charge is -2.33. The molecule has 1 aliphatic rings. The minimum Gasteiger partial charge on any atom is -0.466 e. The van der Waals surface area contributed by atoms with E-state index in [2.05, 4.69) is 10.6 Å². The van der Waals surface area contributed by atoms with Crippen LogP contribution in [0.5, 0.6) is 5.75 Å². The molecule has 0 bridgehead atoms. The molecule has 1 atom stereocenters. The van der Waals surface area contributed by atoms with E-state index < -0.39 is 17.4 Å². The van der Waals surface area contributed by atoms with Gasteiger partial charge >= 0.3 is 0 Å². The Kier molecular flexibility index (Phi) is 4.71. The third-order valence-electron chi connectivity index (χ3n) is 3.63. The molecule has 22 heavy (non-hydrogen) atoms. The van der Waals surface area contributed by atoms with Crippen molar-refractivity contribution >= 4 is 17.5 Å². The lowest BCUT2D eigenvalue weighted by molar-refractivity contribution is -0.146. The number of fused-ring (bicyclic) bond motifs is 1. The number of amides is 2. The molecular formula is C16H23N3O3. The number of aryl methyl sites for hydroxylation is 1. The number of carbonyl (C=O) groups is 2. The van der Waals surface area contributed by atoms with E-state index in [4.69, 9.17) is 4.74 Å². The summed E-state index contributed by atoms with van der Waals surface area (Å²) < 4.78 is 5.69. The second kappa shape index (κ2) is 6.36. The third kappa shape index (κ3) is 3.39. The average molecular weight is 305 g/mol. The summed E-state index contributed by atoms with van der Waals surface area (Å²) in [5.41, 5.74) is 0.0719. The van der Waals surface area contributed by atoms with Gasteiger partial charge < -0.3 is 20.3 Å². The van der Waals surface area contributed by atoms with Crippen LogP contribution in [0.3, 0.4) is 0 Å². The normalized spacial score (nSPS) is 20.1. The maximum atomic E-state index is 12.3. The van der Waals surface area contributed by atoms with Crippen LogP contribution in [0.2, 0.25) is 0 Å². The number of hydrogen-bond donors (Lipinski definition) is 2. The van der Waals surface area contributed by atoms with E-state index in [-0.39, 0.29) is 0 Å². The number of rotatable bonds is 5. The molecule has 1 unspecified atom stereocenters. The largest absolute Gasteiger partial charge is 0.466 e. The minimum atomic E-state index is -1.54. The summed E-state index contributed by atoms with van der Waals surface area (Å²) in [6.45, 7) is 4.79. The van der Waals surface area contributed by atoms with Gasteiger partial charge in [0.25, 0.3) is 17.4 Å². The Hall–Kier alpha value is -2.08. The van der Waals surface area contributed by atoms with Crippen molar-refractivity contribution in [1.82, 2.24) is 10.2 Å². The molecule has 0 saturated heterocycles. The molecule has 2 N–H and O–H groups in total. The van der Waals surface area contributed by atoms with Crippen LogP contribution in [0.4, 0.5) is 5.69 Å². The molecule has 6 heteroatoms. The van der Waals surface area contributed by atoms with Crippen LogP contribution in [0, 0.1) is 6.92 Å². The number of carbonyl (C=O) groups excluding carboxylic acids is 2. The molecule has 0 aliphatic carbocycles. The predicted octanol–water partition coefficient (Wildman–Crippen LogP) is 1.15. The van der Waals surface area contributed by atoms with E-state index in [1.165, 1.54) is 6.92 Å². The smallest absolute Gasteiger partial charge is 0.278 e. The molecule has 0 fully saturated rings. The summed E-state index contributed by atoms with van der Waals surface area (Å²) in [4.78, 5) is 26.6. The molecule has 1 aromatic carbocycles. The van der Waals surface area contributed by atoms with Gasteiger partial charge in [0.1, 0.15) is 5.75 Å². The molecule has 1 aliphatic heterocycles. The SMILES string of the molecule is Cc1ccc2c(c1)NC(=O)C(C)(C(=O)NCCCN(C)C)O2. The van der Waals surface area contributed by atoms with E-state index in [0.717, 1.165) is 18.5 Å². The zero-order chi connectivity index (χ0) is 16.3. The summed E-state index contributed by atoms with van der Waals surface area (Å²) in [6, 6.07) is 5.47. The van der Waals surface area contributed by atoms with Gasteiger partial charge in [-0.05, 0) is 58.6 Å². The van der Waals surface area contributed by atoms with E-state index in [0.29, 0.717) is 18.0 Å². The summed E-state index contributed by atoms with van der Waals surface area (Å²) >= 11 is 0. The van der Waals surface area contributed by atoms with E-state index in [1.807, 2.05) is 38.1 Å². The van der Waals surface area contributed by atoms with Crippen molar-refractivity contribution in [3.8, 4) is 5.75 Å². The zero-order valence-electron chi connectivity index (χ0n) is 13.5. The van der Waals surface area contributed by atoms with Gasteiger partial charge in [-0.15, -0.1) is 0 Å². The molecule has 0 radical (unpaired) electrons. The Morgan fingerprint density at radius 2 is 2.14 bits per heavy atom. The van der Waals surface area contributed by atoms with Crippen LogP contribution in [-0.4, -0.2) is 49.5 Å². The highest BCUT2D eigenvalue weighted by Crippen LogP contribution is 2.34. The second-order valence-electron chi connectivity index (χ2n) is 6.00. The zero-order valence-corrected chi connectivity index (χ0v) is 13.5. The van der Waals surface area contributed by atoms with Gasteiger partial charge in [-0.25, -0.2) is 0 Å². The molecule has 0 saturated carbocycles. The Morgan fingerprint density at radius 1 is 1.41 bits per heavy atom. The van der Waals surface area contributed by atoms with Gasteiger partial charge in [0.05, 0.1) is 5.69 Å². The number of nitrogens with one attached hydrogen (secondary N) is 2. The van der Waals surface area contributed by atoms with Crippen molar-refractivity contribution in [2.75, 3.05) is 32.5 Å². The molecule has 0 aromatic heterocycles. The average Bonchev–Trinajstić information content (AvgIpc) is 2.45. The standard InChI is InChI=1S/C16H23N3O3/c1-11-6-7-13-12(10-11)18-15(21)16(2,22-13)14(20)17-8-5-9-19(3)4/h6-7,10H,5,8-9H2,1-4H3,(H,17,20)(H,18,21). The first kappa shape index (κ1) is 16.3. The number of ether oxygens (including phenoxy) is 1. The molecule has 0 spiro atoms. The molecule has 120 valence electrons. The number of benzene rings is 1. The fourth-order valence-corrected chi connectivity index (χ4v) is 2.25. The first-order valence-electron chi connectivity index (χ1n) is 7.37. The van der Waals surface area contributed by atoms with Crippen LogP contribution < -0.4 is 15.4 Å². The fraction of sp³-hybridized carbons (Fsp3) is 0.500. The molecule has 6 nitrogen and oxygen atoms in total. The van der Waals surface area contributed by atoms with Crippen LogP contribution in [0.25, 0.3) is 0 Å². The second-order valence-corrected chi connectivity index (χ2v) is 6.00. The Bertz CT molecular complexity index is 586. The van der Waals surface area contributed by atoms with Gasteiger partial charge in [-0.3, -0.25) is 9.59 Å². The van der Waals surface area contributed by atoms with Crippen LogP contribution in [0.15, 0.2) is 18.2 Å². The van der Waals surface area contributed by atoms with Crippen molar-refractivity contribution in [3.05, 3.63) is 23.8 Å². The van der Waals surface area contributed by atoms with Crippen molar-refractivity contribution in [2.45, 2.75) is 25.9 Å². The predicted molar refractivity (Wildman–Crippen MR) is 85.0 cm³/mol. The molecular weight excluding hydrogens is 282 g/mol. The fourth-order valence-electron chi connectivity index (χ4n) is 2.25. The van der Waals surface area contributed by atoms with Gasteiger partial charge in [-0.2, -0.15) is 0 Å². The summed E-state index contributed by atoms with van der Waals surface area (Å²) in [7, 11) is 3.94. The first-order valence-corrected chi connectivity index (χ1v) is 7.37. The Balaban J connectivity index is 2.04. The molecule has 1 aromatic rings. The number of hydrogen-bond acceptors (Lipinski definition) is 4. The van der Waals surface area contributed by atoms with Crippen molar-refractivity contribution < 1.29 is 14.3 Å². The van der Waals surface area contributed by atoms with Crippen LogP contribution in [-0.2, 0) is 9.59 Å². The Labute approximate surface area is 130 Å². The van der Waals surface area contributed by atoms with E-state index in [9.17, 15) is 9.59 Å². The summed E-state index contributed by atoms with van der Waals surface area (Å²) in [6.07, 6.45) is 0.812. The van der Waals surface area contributed by atoms with Gasteiger partial charge in [0, 0.05) is 6.54 Å². The molecule has 2 amide bonds. The quantitative estimate of drug-likeness (QED) is 0.632. The minimum absolute atomic E-state index is 0.421. The summed E-state index contributed by atoms with van der Waals surface area (Å²) in [5.74, 6) is -0.359. The Morgan fingerprint density at radius 3 is 2.82 bits per heavy atom. The lowest BCUT2D eigenvalue weighted by Crippen LogP contribution is -2.58. The maximum absolute atomic E-state index is 12.3. The molecule has 1 heterocycles. The van der Waals surface area contributed by atoms with Gasteiger partial charge in [-0.1, -0.05) is 6.07 Å². The highest BCUT2D eigenvalue weighted by atomic mass is 16.5. The van der Waals surface area contributed by atoms with Crippen LogP contribution >= 0.6 is 0 Å².